The van der Waals surface area contributed by atoms with Crippen LogP contribution in [0.5, 0.6) is 0 Å². The van der Waals surface area contributed by atoms with Crippen LogP contribution in [0.4, 0.5) is 0 Å². The van der Waals surface area contributed by atoms with Crippen LogP contribution < -0.4 is 5.32 Å². The van der Waals surface area contributed by atoms with E-state index in [-0.39, 0.29) is 12.0 Å². The molecule has 2 N–H and O–H groups in total. The van der Waals surface area contributed by atoms with Crippen LogP contribution in [-0.4, -0.2) is 35.4 Å². The molecule has 0 bridgehead atoms. The molecular formula is C13H15N3O2S. The molecule has 3 heterocycles. The number of rotatable bonds is 4. The van der Waals surface area contributed by atoms with Gasteiger partial charge in [-0.2, -0.15) is 16.4 Å². The number of carbonyl (C=O) groups excluding carboxylic acids is 1. The summed E-state index contributed by atoms with van der Waals surface area (Å²) in [6.07, 6.45) is 3.81. The predicted molar refractivity (Wildman–Crippen MR) is 73.2 cm³/mol. The highest BCUT2D eigenvalue weighted by Gasteiger charge is 2.19. The monoisotopic (exact) mass is 277 g/mol. The molecule has 19 heavy (non-hydrogen) atoms. The highest BCUT2D eigenvalue weighted by atomic mass is 32.1. The maximum absolute atomic E-state index is 12.2. The Balaban J connectivity index is 1.68. The summed E-state index contributed by atoms with van der Waals surface area (Å²) >= 11 is 1.59. The fraction of sp³-hybridized carbons (Fsp3) is 0.385. The Kier molecular flexibility index (Phi) is 3.61. The first kappa shape index (κ1) is 12.4. The van der Waals surface area contributed by atoms with Gasteiger partial charge < -0.3 is 10.1 Å². The number of hydrogen-bond acceptors (Lipinski definition) is 4. The molecule has 1 unspecified atom stereocenters. The molecule has 1 atom stereocenters. The first-order chi connectivity index (χ1) is 9.34. The Morgan fingerprint density at radius 3 is 3.32 bits per heavy atom. The van der Waals surface area contributed by atoms with Crippen LogP contribution in [0.1, 0.15) is 23.2 Å². The van der Waals surface area contributed by atoms with Crippen molar-refractivity contribution < 1.29 is 9.53 Å². The highest BCUT2D eigenvalue weighted by Crippen LogP contribution is 2.23. The van der Waals surface area contributed by atoms with Crippen LogP contribution in [0.15, 0.2) is 23.0 Å². The van der Waals surface area contributed by atoms with Crippen molar-refractivity contribution in [2.24, 2.45) is 0 Å². The van der Waals surface area contributed by atoms with Gasteiger partial charge in [0.05, 0.1) is 23.6 Å². The van der Waals surface area contributed by atoms with Gasteiger partial charge in [-0.05, 0) is 24.3 Å². The summed E-state index contributed by atoms with van der Waals surface area (Å²) in [5.41, 5.74) is 2.34. The molecule has 1 aliphatic rings. The van der Waals surface area contributed by atoms with Crippen LogP contribution in [0.3, 0.4) is 0 Å². The molecule has 5 nitrogen and oxygen atoms in total. The van der Waals surface area contributed by atoms with Gasteiger partial charge in [-0.1, -0.05) is 0 Å². The van der Waals surface area contributed by atoms with Gasteiger partial charge in [0.25, 0.3) is 5.91 Å². The Morgan fingerprint density at radius 2 is 2.58 bits per heavy atom. The van der Waals surface area contributed by atoms with Crippen LogP contribution in [0, 0.1) is 0 Å². The van der Waals surface area contributed by atoms with E-state index in [0.29, 0.717) is 12.1 Å². The number of ether oxygens (including phenoxy) is 1. The minimum Gasteiger partial charge on any atom is -0.376 e. The van der Waals surface area contributed by atoms with Crippen LogP contribution in [0.2, 0.25) is 0 Å². The van der Waals surface area contributed by atoms with Gasteiger partial charge in [0.15, 0.2) is 0 Å². The molecule has 2 aromatic rings. The molecule has 1 fully saturated rings. The van der Waals surface area contributed by atoms with E-state index in [2.05, 4.69) is 15.5 Å². The molecule has 0 aromatic carbocycles. The van der Waals surface area contributed by atoms with E-state index >= 15 is 0 Å². The quantitative estimate of drug-likeness (QED) is 0.898. The average molecular weight is 277 g/mol. The maximum atomic E-state index is 12.2. The lowest BCUT2D eigenvalue weighted by Crippen LogP contribution is -2.31. The summed E-state index contributed by atoms with van der Waals surface area (Å²) in [6.45, 7) is 1.36. The van der Waals surface area contributed by atoms with Crippen LogP contribution in [0.25, 0.3) is 11.3 Å². The van der Waals surface area contributed by atoms with E-state index in [0.717, 1.165) is 30.7 Å². The minimum absolute atomic E-state index is 0.106. The predicted octanol–water partition coefficient (Wildman–Crippen LogP) is 2.05. The lowest BCUT2D eigenvalue weighted by atomic mass is 10.1. The van der Waals surface area contributed by atoms with Crippen molar-refractivity contribution in [3.05, 3.63) is 28.6 Å². The summed E-state index contributed by atoms with van der Waals surface area (Å²) in [4.78, 5) is 12.2. The Morgan fingerprint density at radius 1 is 1.63 bits per heavy atom. The number of thiophene rings is 1. The molecule has 1 amide bonds. The number of H-pyrrole nitrogens is 1. The van der Waals surface area contributed by atoms with E-state index in [4.69, 9.17) is 4.74 Å². The smallest absolute Gasteiger partial charge is 0.255 e. The molecule has 0 radical (unpaired) electrons. The third kappa shape index (κ3) is 2.69. The van der Waals surface area contributed by atoms with Gasteiger partial charge in [-0.15, -0.1) is 0 Å². The Bertz CT molecular complexity index is 544. The maximum Gasteiger partial charge on any atom is 0.255 e. The average Bonchev–Trinajstić information content (AvgIpc) is 3.14. The van der Waals surface area contributed by atoms with Gasteiger partial charge in [0.1, 0.15) is 0 Å². The Labute approximate surface area is 115 Å². The zero-order valence-electron chi connectivity index (χ0n) is 10.4. The van der Waals surface area contributed by atoms with Gasteiger partial charge >= 0.3 is 0 Å². The van der Waals surface area contributed by atoms with Gasteiger partial charge in [0.2, 0.25) is 0 Å². The summed E-state index contributed by atoms with van der Waals surface area (Å²) in [6, 6.07) is 1.97. The minimum atomic E-state index is -0.106. The van der Waals surface area contributed by atoms with Crippen molar-refractivity contribution in [2.75, 3.05) is 13.2 Å². The van der Waals surface area contributed by atoms with Gasteiger partial charge in [0, 0.05) is 24.1 Å². The summed E-state index contributed by atoms with van der Waals surface area (Å²) in [7, 11) is 0. The molecule has 100 valence electrons. The van der Waals surface area contributed by atoms with Crippen molar-refractivity contribution >= 4 is 17.2 Å². The number of aromatic nitrogens is 2. The zero-order valence-corrected chi connectivity index (χ0v) is 11.2. The van der Waals surface area contributed by atoms with E-state index in [1.54, 1.807) is 17.5 Å². The second kappa shape index (κ2) is 5.54. The van der Waals surface area contributed by atoms with Gasteiger partial charge in [-0.25, -0.2) is 0 Å². The van der Waals surface area contributed by atoms with Crippen molar-refractivity contribution in [2.45, 2.75) is 18.9 Å². The first-order valence-corrected chi connectivity index (χ1v) is 7.24. The largest absolute Gasteiger partial charge is 0.376 e. The third-order valence-corrected chi connectivity index (χ3v) is 3.89. The summed E-state index contributed by atoms with van der Waals surface area (Å²) < 4.78 is 5.49. The number of amides is 1. The molecule has 0 aliphatic carbocycles. The lowest BCUT2D eigenvalue weighted by molar-refractivity contribution is 0.0858. The second-order valence-corrected chi connectivity index (χ2v) is 5.30. The fourth-order valence-corrected chi connectivity index (χ4v) is 2.84. The number of hydrogen-bond donors (Lipinski definition) is 2. The van der Waals surface area contributed by atoms with E-state index in [9.17, 15) is 4.79 Å². The highest BCUT2D eigenvalue weighted by molar-refractivity contribution is 7.08. The molecule has 2 aromatic heterocycles. The summed E-state index contributed by atoms with van der Waals surface area (Å²) in [5.74, 6) is -0.106. The molecule has 6 heteroatoms. The fourth-order valence-electron chi connectivity index (χ4n) is 2.19. The number of carbonyl (C=O) groups is 1. The molecule has 0 spiro atoms. The number of aromatic amines is 1. The van der Waals surface area contributed by atoms with Crippen molar-refractivity contribution in [1.29, 1.82) is 0 Å². The summed E-state index contributed by atoms with van der Waals surface area (Å²) in [5, 5.41) is 13.7. The molecule has 1 aliphatic heterocycles. The van der Waals surface area contributed by atoms with Crippen molar-refractivity contribution in [3.63, 3.8) is 0 Å². The normalized spacial score (nSPS) is 18.6. The SMILES string of the molecule is O=C(NCC1CCCO1)c1cn[nH]c1-c1ccsc1. The third-order valence-electron chi connectivity index (χ3n) is 3.21. The molecule has 3 rings (SSSR count). The van der Waals surface area contributed by atoms with Crippen molar-refractivity contribution in [3.8, 4) is 11.3 Å². The van der Waals surface area contributed by atoms with Gasteiger partial charge in [-0.3, -0.25) is 9.89 Å². The van der Waals surface area contributed by atoms with Crippen LogP contribution >= 0.6 is 11.3 Å². The number of nitrogens with one attached hydrogen (secondary N) is 2. The van der Waals surface area contributed by atoms with Crippen molar-refractivity contribution in [1.82, 2.24) is 15.5 Å². The molecule has 1 saturated heterocycles. The Hall–Kier alpha value is -1.66. The topological polar surface area (TPSA) is 67.0 Å². The zero-order chi connectivity index (χ0) is 13.1. The van der Waals surface area contributed by atoms with E-state index < -0.39 is 0 Å². The number of nitrogens with zero attached hydrogens (tertiary/aromatic N) is 1. The standard InChI is InChI=1S/C13H15N3O2S/c17-13(14-6-10-2-1-4-18-10)11-7-15-16-12(11)9-3-5-19-8-9/h3,5,7-8,10H,1-2,4,6H2,(H,14,17)(H,15,16). The second-order valence-electron chi connectivity index (χ2n) is 4.52. The van der Waals surface area contributed by atoms with E-state index in [1.807, 2.05) is 16.8 Å². The van der Waals surface area contributed by atoms with Crippen LogP contribution in [-0.2, 0) is 4.74 Å². The molecular weight excluding hydrogens is 262 g/mol. The molecule has 0 saturated carbocycles. The lowest BCUT2D eigenvalue weighted by Gasteiger charge is -2.10. The van der Waals surface area contributed by atoms with E-state index in [1.165, 1.54) is 0 Å². The first-order valence-electron chi connectivity index (χ1n) is 6.30.